The summed E-state index contributed by atoms with van der Waals surface area (Å²) in [5, 5.41) is 0. The highest BCUT2D eigenvalue weighted by molar-refractivity contribution is 9.10. The molecule has 1 aliphatic rings. The number of imidazole rings is 1. The van der Waals surface area contributed by atoms with Gasteiger partial charge in [-0.25, -0.2) is 9.78 Å². The number of thioether (sulfide) groups is 1. The lowest BCUT2D eigenvalue weighted by Crippen LogP contribution is -2.28. The first kappa shape index (κ1) is 21.2. The highest BCUT2D eigenvalue weighted by Gasteiger charge is 2.42. The molecule has 7 heteroatoms. The van der Waals surface area contributed by atoms with Gasteiger partial charge in [-0.05, 0) is 42.7 Å². The molecule has 1 aliphatic heterocycles. The molecule has 0 spiro atoms. The van der Waals surface area contributed by atoms with Crippen LogP contribution in [0.15, 0.2) is 77.8 Å². The highest BCUT2D eigenvalue weighted by Crippen LogP contribution is 2.48. The molecule has 0 radical (unpaired) electrons. The minimum Gasteiger partial charge on any atom is -0.459 e. The summed E-state index contributed by atoms with van der Waals surface area (Å²) in [7, 11) is 0. The Labute approximate surface area is 188 Å². The van der Waals surface area contributed by atoms with Crippen LogP contribution in [0.25, 0.3) is 0 Å². The Balaban J connectivity index is 1.41. The number of aryl methyl sites for hydroxylation is 1. The molecule has 2 atom stereocenters. The molecule has 5 nitrogen and oxygen atoms in total. The predicted molar refractivity (Wildman–Crippen MR) is 121 cm³/mol. The second-order valence-corrected chi connectivity index (χ2v) is 9.38. The Hall–Kier alpha value is -2.09. The molecule has 0 saturated carbocycles. The van der Waals surface area contributed by atoms with Crippen molar-refractivity contribution in [2.45, 2.75) is 30.4 Å². The van der Waals surface area contributed by atoms with Gasteiger partial charge in [0.15, 0.2) is 0 Å². The molecule has 0 aliphatic carbocycles. The molecule has 1 fully saturated rings. The summed E-state index contributed by atoms with van der Waals surface area (Å²) in [6, 6.07) is 17.3. The van der Waals surface area contributed by atoms with Crippen LogP contribution in [0.3, 0.4) is 0 Å². The van der Waals surface area contributed by atoms with Gasteiger partial charge in [0.2, 0.25) is 0 Å². The van der Waals surface area contributed by atoms with Crippen molar-refractivity contribution in [2.75, 3.05) is 12.4 Å². The van der Waals surface area contributed by atoms with Crippen LogP contribution in [-0.2, 0) is 21.0 Å². The van der Waals surface area contributed by atoms with Crippen molar-refractivity contribution in [1.29, 1.82) is 0 Å². The maximum Gasteiger partial charge on any atom is 0.338 e. The molecule has 0 amide bonds. The molecule has 0 unspecified atom stereocenters. The van der Waals surface area contributed by atoms with Crippen LogP contribution in [0.4, 0.5) is 0 Å². The van der Waals surface area contributed by atoms with Gasteiger partial charge in [-0.2, -0.15) is 0 Å². The van der Waals surface area contributed by atoms with Crippen molar-refractivity contribution in [3.05, 3.63) is 88.9 Å². The fraction of sp³-hybridized carbons (Fsp3) is 0.304. The van der Waals surface area contributed by atoms with Gasteiger partial charge in [0.05, 0.1) is 11.9 Å². The van der Waals surface area contributed by atoms with Crippen molar-refractivity contribution in [3.63, 3.8) is 0 Å². The summed E-state index contributed by atoms with van der Waals surface area (Å²) in [4.78, 5) is 15.9. The fourth-order valence-electron chi connectivity index (χ4n) is 3.52. The molecular weight excluding hydrogens is 464 g/mol. The van der Waals surface area contributed by atoms with Gasteiger partial charge in [0.25, 0.3) is 0 Å². The Bertz CT molecular complexity index is 950. The van der Waals surface area contributed by atoms with Crippen LogP contribution < -0.4 is 0 Å². The zero-order valence-electron chi connectivity index (χ0n) is 16.4. The van der Waals surface area contributed by atoms with Gasteiger partial charge in [-0.1, -0.05) is 46.3 Å². The number of aromatic nitrogens is 2. The van der Waals surface area contributed by atoms with E-state index in [0.29, 0.717) is 5.56 Å². The summed E-state index contributed by atoms with van der Waals surface area (Å²) in [5.41, 5.74) is 1.70. The van der Waals surface area contributed by atoms with Crippen LogP contribution in [-0.4, -0.2) is 34.0 Å². The van der Waals surface area contributed by atoms with E-state index in [0.717, 1.165) is 35.2 Å². The molecule has 0 bridgehead atoms. The van der Waals surface area contributed by atoms with E-state index in [1.165, 1.54) is 0 Å². The number of hydrogen-bond acceptors (Lipinski definition) is 5. The van der Waals surface area contributed by atoms with Crippen LogP contribution in [0, 0.1) is 0 Å². The molecule has 2 heterocycles. The second kappa shape index (κ2) is 9.81. The number of carbonyl (C=O) groups is 1. The van der Waals surface area contributed by atoms with Gasteiger partial charge in [0.1, 0.15) is 17.6 Å². The molecule has 2 aromatic carbocycles. The first-order valence-corrected chi connectivity index (χ1v) is 11.7. The molecule has 0 N–H and O–H groups in total. The van der Waals surface area contributed by atoms with E-state index in [9.17, 15) is 4.79 Å². The smallest absolute Gasteiger partial charge is 0.338 e. The zero-order chi connectivity index (χ0) is 20.8. The van der Waals surface area contributed by atoms with Gasteiger partial charge < -0.3 is 14.0 Å². The minimum atomic E-state index is -0.439. The predicted octanol–water partition coefficient (Wildman–Crippen LogP) is 5.27. The lowest BCUT2D eigenvalue weighted by atomic mass is 10.0. The van der Waals surface area contributed by atoms with Crippen molar-refractivity contribution in [2.24, 2.45) is 0 Å². The maximum absolute atomic E-state index is 12.3. The monoisotopic (exact) mass is 486 g/mol. The topological polar surface area (TPSA) is 53.4 Å². The molecule has 3 aromatic rings. The molecule has 1 saturated heterocycles. The first-order valence-electron chi connectivity index (χ1n) is 9.90. The number of carbonyl (C=O) groups excluding carboxylic acids is 1. The van der Waals surface area contributed by atoms with Gasteiger partial charge in [-0.3, -0.25) is 0 Å². The minimum absolute atomic E-state index is 0.139. The van der Waals surface area contributed by atoms with Crippen LogP contribution in [0.2, 0.25) is 0 Å². The van der Waals surface area contributed by atoms with Gasteiger partial charge in [-0.15, -0.1) is 11.8 Å². The quantitative estimate of drug-likeness (QED) is 0.406. The van der Waals surface area contributed by atoms with Gasteiger partial charge >= 0.3 is 5.97 Å². The number of benzene rings is 2. The lowest BCUT2D eigenvalue weighted by Gasteiger charge is -2.29. The van der Waals surface area contributed by atoms with Crippen LogP contribution in [0.1, 0.15) is 28.8 Å². The number of ether oxygens (including phenoxy) is 2. The van der Waals surface area contributed by atoms with E-state index in [-0.39, 0.29) is 18.7 Å². The van der Waals surface area contributed by atoms with Gasteiger partial charge in [0, 0.05) is 29.2 Å². The third-order valence-corrected chi connectivity index (χ3v) is 7.10. The van der Waals surface area contributed by atoms with Crippen molar-refractivity contribution in [3.8, 4) is 0 Å². The molecule has 30 heavy (non-hydrogen) atoms. The Morgan fingerprint density at radius 1 is 1.23 bits per heavy atom. The number of hydrogen-bond donors (Lipinski definition) is 0. The largest absolute Gasteiger partial charge is 0.459 e. The number of esters is 1. The number of rotatable bonds is 8. The number of halogens is 1. The second-order valence-electron chi connectivity index (χ2n) is 7.18. The van der Waals surface area contributed by atoms with Crippen molar-refractivity contribution >= 4 is 33.7 Å². The van der Waals surface area contributed by atoms with Crippen LogP contribution >= 0.6 is 27.7 Å². The SMILES string of the molecule is O=C(OC[C@H]1CS[C@](CCCn2ccnc2)(c2ccc(Br)cc2)O1)c1ccccc1. The Morgan fingerprint density at radius 3 is 2.77 bits per heavy atom. The van der Waals surface area contributed by atoms with E-state index in [1.54, 1.807) is 30.1 Å². The molecule has 4 rings (SSSR count). The maximum atomic E-state index is 12.3. The van der Waals surface area contributed by atoms with Crippen molar-refractivity contribution in [1.82, 2.24) is 9.55 Å². The Morgan fingerprint density at radius 2 is 2.03 bits per heavy atom. The van der Waals surface area contributed by atoms with E-state index < -0.39 is 4.93 Å². The zero-order valence-corrected chi connectivity index (χ0v) is 18.8. The third-order valence-electron chi connectivity index (χ3n) is 5.03. The van der Waals surface area contributed by atoms with E-state index in [4.69, 9.17) is 9.47 Å². The van der Waals surface area contributed by atoms with E-state index in [2.05, 4.69) is 37.6 Å². The standard InChI is InChI=1S/C23H23BrN2O3S/c24-20-9-7-19(8-10-20)23(11-4-13-26-14-12-25-17-26)29-21(16-30-23)15-28-22(27)18-5-2-1-3-6-18/h1-3,5-10,12,14,17,21H,4,11,13,15-16H2/t21-,23+/m0/s1. The molecular formula is C23H23BrN2O3S. The van der Waals surface area contributed by atoms with E-state index in [1.807, 2.05) is 42.9 Å². The summed E-state index contributed by atoms with van der Waals surface area (Å²) in [6.45, 7) is 1.14. The average molecular weight is 487 g/mol. The summed E-state index contributed by atoms with van der Waals surface area (Å²) in [5.74, 6) is 0.467. The summed E-state index contributed by atoms with van der Waals surface area (Å²) >= 11 is 5.30. The van der Waals surface area contributed by atoms with Crippen molar-refractivity contribution < 1.29 is 14.3 Å². The third kappa shape index (κ3) is 5.14. The molecule has 156 valence electrons. The molecule has 1 aromatic heterocycles. The summed E-state index contributed by atoms with van der Waals surface area (Å²) in [6.07, 6.45) is 7.28. The number of nitrogens with zero attached hydrogens (tertiary/aromatic N) is 2. The fourth-order valence-corrected chi connectivity index (χ4v) is 5.20. The Kier molecular flexibility index (Phi) is 6.92. The first-order chi connectivity index (χ1) is 14.6. The van der Waals surface area contributed by atoms with Crippen LogP contribution in [0.5, 0.6) is 0 Å². The normalized spacial score (nSPS) is 20.9. The highest BCUT2D eigenvalue weighted by atomic mass is 79.9. The average Bonchev–Trinajstić information content (AvgIpc) is 3.44. The lowest BCUT2D eigenvalue weighted by molar-refractivity contribution is -0.0473. The van der Waals surface area contributed by atoms with E-state index >= 15 is 0 Å². The summed E-state index contributed by atoms with van der Waals surface area (Å²) < 4.78 is 15.2.